The van der Waals surface area contributed by atoms with Gasteiger partial charge in [-0.3, -0.25) is 4.79 Å². The molecule has 5 heteroatoms. The topological polar surface area (TPSA) is 54.9 Å². The van der Waals surface area contributed by atoms with E-state index in [0.717, 1.165) is 16.6 Å². The second-order valence-corrected chi connectivity index (χ2v) is 4.51. The van der Waals surface area contributed by atoms with Crippen molar-refractivity contribution < 1.29 is 4.79 Å². The minimum atomic E-state index is -0.148. The van der Waals surface area contributed by atoms with Crippen molar-refractivity contribution in [3.8, 4) is 0 Å². The molecule has 4 nitrogen and oxygen atoms in total. The first kappa shape index (κ1) is 9.59. The van der Waals surface area contributed by atoms with Crippen LogP contribution in [0.2, 0.25) is 0 Å². The van der Waals surface area contributed by atoms with Crippen LogP contribution < -0.4 is 5.32 Å². The van der Waals surface area contributed by atoms with Gasteiger partial charge < -0.3 is 5.32 Å². The van der Waals surface area contributed by atoms with Crippen LogP contribution in [0.3, 0.4) is 0 Å². The second kappa shape index (κ2) is 3.45. The number of rotatable bonds is 1. The Labute approximate surface area is 96.5 Å². The van der Waals surface area contributed by atoms with Gasteiger partial charge in [-0.2, -0.15) is 0 Å². The van der Waals surface area contributed by atoms with Crippen LogP contribution in [-0.2, 0) is 4.79 Å². The molecule has 1 N–H and O–H groups in total. The number of carbonyl (C=O) groups excluding carboxylic acids is 1. The summed E-state index contributed by atoms with van der Waals surface area (Å²) in [7, 11) is 0. The summed E-state index contributed by atoms with van der Waals surface area (Å²) in [5.41, 5.74) is 2.51. The average Bonchev–Trinajstić information content (AvgIpc) is 2.65. The van der Waals surface area contributed by atoms with Crippen molar-refractivity contribution in [2.45, 2.75) is 5.25 Å². The molecule has 0 saturated heterocycles. The van der Waals surface area contributed by atoms with Gasteiger partial charge in [0.1, 0.15) is 5.25 Å². The minimum absolute atomic E-state index is 0.0284. The van der Waals surface area contributed by atoms with Crippen LogP contribution in [0.15, 0.2) is 24.5 Å². The molecular weight excluding hydrogens is 222 g/mol. The quantitative estimate of drug-likeness (QED) is 0.815. The molecule has 16 heavy (non-hydrogen) atoms. The number of hydrogen-bond acceptors (Lipinski definition) is 4. The maximum Gasteiger partial charge on any atom is 0.242 e. The Hall–Kier alpha value is -1.62. The number of pyridine rings is 2. The zero-order valence-corrected chi connectivity index (χ0v) is 9.41. The van der Waals surface area contributed by atoms with E-state index in [2.05, 4.69) is 15.3 Å². The Morgan fingerprint density at radius 2 is 2.31 bits per heavy atom. The van der Waals surface area contributed by atoms with Crippen molar-refractivity contribution in [3.63, 3.8) is 0 Å². The first-order valence-corrected chi connectivity index (χ1v) is 6.17. The number of hydrogen-bond donors (Lipinski definition) is 1. The lowest BCUT2D eigenvalue weighted by atomic mass is 10.1. The van der Waals surface area contributed by atoms with E-state index >= 15 is 0 Å². The number of thioether (sulfide) groups is 1. The highest BCUT2D eigenvalue weighted by molar-refractivity contribution is 7.99. The molecule has 0 saturated carbocycles. The van der Waals surface area contributed by atoms with E-state index < -0.39 is 0 Å². The third-order valence-corrected chi connectivity index (χ3v) is 3.60. The van der Waals surface area contributed by atoms with Gasteiger partial charge in [0.25, 0.3) is 0 Å². The van der Waals surface area contributed by atoms with Crippen LogP contribution in [-0.4, -0.2) is 22.1 Å². The Morgan fingerprint density at radius 1 is 1.44 bits per heavy atom. The van der Waals surface area contributed by atoms with Crippen LogP contribution in [0, 0.1) is 0 Å². The molecule has 80 valence electrons. The fourth-order valence-corrected chi connectivity index (χ4v) is 2.75. The largest absolute Gasteiger partial charge is 0.323 e. The normalized spacial score (nSPS) is 18.6. The summed E-state index contributed by atoms with van der Waals surface area (Å²) in [5.74, 6) is 0.0284. The SMILES string of the molecule is CSC1C(=O)Nc2cnc3ncccc3c21. The molecule has 0 bridgehead atoms. The standard InChI is InChI=1S/C11H9N3OS/c1-16-9-8-6-3-2-4-12-10(6)13-5-7(8)14-11(9)15/h2-5,9H,1H3,(H,14,15). The molecule has 3 rings (SSSR count). The molecule has 1 atom stereocenters. The number of fused-ring (bicyclic) bond motifs is 3. The number of nitrogens with zero attached hydrogens (tertiary/aromatic N) is 2. The van der Waals surface area contributed by atoms with Crippen LogP contribution in [0.4, 0.5) is 5.69 Å². The predicted molar refractivity (Wildman–Crippen MR) is 64.4 cm³/mol. The third kappa shape index (κ3) is 1.21. The summed E-state index contributed by atoms with van der Waals surface area (Å²) in [4.78, 5) is 20.1. The molecule has 0 aromatic carbocycles. The van der Waals surface area contributed by atoms with Gasteiger partial charge in [0.05, 0.1) is 11.9 Å². The molecular formula is C11H9N3OS. The average molecular weight is 231 g/mol. The number of nitrogens with one attached hydrogen (secondary N) is 1. The van der Waals surface area contributed by atoms with E-state index in [1.165, 1.54) is 11.8 Å². The van der Waals surface area contributed by atoms with E-state index in [0.29, 0.717) is 5.65 Å². The Balaban J connectivity index is 2.35. The van der Waals surface area contributed by atoms with Gasteiger partial charge in [0.15, 0.2) is 5.65 Å². The number of carbonyl (C=O) groups is 1. The summed E-state index contributed by atoms with van der Waals surface area (Å²) in [6.45, 7) is 0. The molecule has 1 aliphatic heterocycles. The highest BCUT2D eigenvalue weighted by atomic mass is 32.2. The van der Waals surface area contributed by atoms with Gasteiger partial charge in [0, 0.05) is 17.1 Å². The van der Waals surface area contributed by atoms with Crippen molar-refractivity contribution in [1.82, 2.24) is 9.97 Å². The van der Waals surface area contributed by atoms with Crippen LogP contribution in [0.25, 0.3) is 11.0 Å². The lowest BCUT2D eigenvalue weighted by Crippen LogP contribution is -2.08. The van der Waals surface area contributed by atoms with E-state index in [9.17, 15) is 4.79 Å². The van der Waals surface area contributed by atoms with Crippen LogP contribution in [0.1, 0.15) is 10.8 Å². The molecule has 3 heterocycles. The van der Waals surface area contributed by atoms with Gasteiger partial charge in [0.2, 0.25) is 5.91 Å². The molecule has 0 radical (unpaired) electrons. The van der Waals surface area contributed by atoms with E-state index in [1.807, 2.05) is 18.4 Å². The van der Waals surface area contributed by atoms with Gasteiger partial charge >= 0.3 is 0 Å². The lowest BCUT2D eigenvalue weighted by Gasteiger charge is -2.07. The van der Waals surface area contributed by atoms with Gasteiger partial charge in [-0.25, -0.2) is 9.97 Å². The predicted octanol–water partition coefficient (Wildman–Crippen LogP) is 1.99. The maximum absolute atomic E-state index is 11.7. The third-order valence-electron chi connectivity index (χ3n) is 2.68. The molecule has 0 fully saturated rings. The van der Waals surface area contributed by atoms with Gasteiger partial charge in [-0.15, -0.1) is 11.8 Å². The van der Waals surface area contributed by atoms with Crippen molar-refractivity contribution in [2.24, 2.45) is 0 Å². The summed E-state index contributed by atoms with van der Waals surface area (Å²) in [6.07, 6.45) is 5.32. The second-order valence-electron chi connectivity index (χ2n) is 3.57. The van der Waals surface area contributed by atoms with Crippen LogP contribution in [0.5, 0.6) is 0 Å². The summed E-state index contributed by atoms with van der Waals surface area (Å²) < 4.78 is 0. The van der Waals surface area contributed by atoms with Crippen molar-refractivity contribution in [2.75, 3.05) is 11.6 Å². The van der Waals surface area contributed by atoms with E-state index in [1.54, 1.807) is 12.4 Å². The van der Waals surface area contributed by atoms with Crippen LogP contribution >= 0.6 is 11.8 Å². The Morgan fingerprint density at radius 3 is 3.12 bits per heavy atom. The zero-order valence-electron chi connectivity index (χ0n) is 8.60. The molecule has 0 spiro atoms. The maximum atomic E-state index is 11.7. The first-order chi connectivity index (χ1) is 7.81. The van der Waals surface area contributed by atoms with Crippen molar-refractivity contribution in [3.05, 3.63) is 30.1 Å². The number of anilines is 1. The summed E-state index contributed by atoms with van der Waals surface area (Å²) >= 11 is 1.53. The number of aromatic nitrogens is 2. The summed E-state index contributed by atoms with van der Waals surface area (Å²) in [6, 6.07) is 3.82. The molecule has 1 amide bonds. The Bertz CT molecular complexity index is 584. The van der Waals surface area contributed by atoms with Gasteiger partial charge in [-0.05, 0) is 18.4 Å². The van der Waals surface area contributed by atoms with Crippen molar-refractivity contribution >= 4 is 34.4 Å². The molecule has 0 aliphatic carbocycles. The fraction of sp³-hybridized carbons (Fsp3) is 0.182. The van der Waals surface area contributed by atoms with Crippen molar-refractivity contribution in [1.29, 1.82) is 0 Å². The first-order valence-electron chi connectivity index (χ1n) is 4.88. The highest BCUT2D eigenvalue weighted by Crippen LogP contribution is 2.41. The smallest absolute Gasteiger partial charge is 0.242 e. The lowest BCUT2D eigenvalue weighted by molar-refractivity contribution is -0.115. The molecule has 1 aliphatic rings. The van der Waals surface area contributed by atoms with Gasteiger partial charge in [-0.1, -0.05) is 0 Å². The summed E-state index contributed by atoms with van der Waals surface area (Å²) in [5, 5.41) is 3.65. The molecule has 2 aromatic heterocycles. The Kier molecular flexibility index (Phi) is 2.07. The highest BCUT2D eigenvalue weighted by Gasteiger charge is 2.31. The zero-order chi connectivity index (χ0) is 11.1. The monoisotopic (exact) mass is 231 g/mol. The van der Waals surface area contributed by atoms with E-state index in [4.69, 9.17) is 0 Å². The molecule has 2 aromatic rings. The van der Waals surface area contributed by atoms with E-state index in [-0.39, 0.29) is 11.2 Å². The number of amides is 1. The minimum Gasteiger partial charge on any atom is -0.323 e. The fourth-order valence-electron chi connectivity index (χ4n) is 1.99. The molecule has 1 unspecified atom stereocenters.